The standard InChI is InChI=1S/C12H19BrN2O3S2/c1-10-11(9-12(13)19-10)20(16,17)14-3-2-4-15-5-7-18-8-6-15/h9,14H,2-8H2,1H3. The Hall–Kier alpha value is 0.01000. The molecule has 1 aromatic heterocycles. The molecule has 0 aromatic carbocycles. The number of ether oxygens (including phenoxy) is 1. The van der Waals surface area contributed by atoms with E-state index in [-0.39, 0.29) is 0 Å². The van der Waals surface area contributed by atoms with Crippen molar-refractivity contribution in [2.24, 2.45) is 0 Å². The molecule has 114 valence electrons. The second-order valence-corrected chi connectivity index (χ2v) is 9.05. The first-order chi connectivity index (χ1) is 9.49. The van der Waals surface area contributed by atoms with Crippen LogP contribution in [0.2, 0.25) is 0 Å². The number of nitrogens with zero attached hydrogens (tertiary/aromatic N) is 1. The molecular weight excluding hydrogens is 364 g/mol. The molecule has 0 unspecified atom stereocenters. The minimum Gasteiger partial charge on any atom is -0.379 e. The molecule has 0 amide bonds. The summed E-state index contributed by atoms with van der Waals surface area (Å²) in [6, 6.07) is 1.66. The third-order valence-electron chi connectivity index (χ3n) is 3.18. The second kappa shape index (κ2) is 7.33. The Kier molecular flexibility index (Phi) is 6.00. The minimum absolute atomic E-state index is 0.376. The maximum atomic E-state index is 12.2. The number of nitrogens with one attached hydrogen (secondary N) is 1. The van der Waals surface area contributed by atoms with Crippen molar-refractivity contribution < 1.29 is 13.2 Å². The van der Waals surface area contributed by atoms with Crippen LogP contribution in [0.25, 0.3) is 0 Å². The summed E-state index contributed by atoms with van der Waals surface area (Å²) in [5.74, 6) is 0. The van der Waals surface area contributed by atoms with Gasteiger partial charge in [0.1, 0.15) is 0 Å². The lowest BCUT2D eigenvalue weighted by Crippen LogP contribution is -2.38. The normalized spacial score (nSPS) is 17.5. The van der Waals surface area contributed by atoms with Crippen LogP contribution in [0.3, 0.4) is 0 Å². The van der Waals surface area contributed by atoms with E-state index in [4.69, 9.17) is 4.74 Å². The van der Waals surface area contributed by atoms with Gasteiger partial charge in [0, 0.05) is 24.5 Å². The van der Waals surface area contributed by atoms with E-state index in [1.807, 2.05) is 6.92 Å². The van der Waals surface area contributed by atoms with Crippen molar-refractivity contribution in [3.05, 3.63) is 14.7 Å². The molecule has 1 saturated heterocycles. The first-order valence-electron chi connectivity index (χ1n) is 6.55. The Morgan fingerprint density at radius 3 is 2.75 bits per heavy atom. The second-order valence-electron chi connectivity index (χ2n) is 4.68. The fourth-order valence-electron chi connectivity index (χ4n) is 2.11. The minimum atomic E-state index is -3.39. The van der Waals surface area contributed by atoms with Gasteiger partial charge in [0.05, 0.1) is 21.9 Å². The average Bonchev–Trinajstić information content (AvgIpc) is 2.76. The SMILES string of the molecule is Cc1sc(Br)cc1S(=O)(=O)NCCCN1CCOCC1. The van der Waals surface area contributed by atoms with E-state index < -0.39 is 10.0 Å². The number of aryl methyl sites for hydroxylation is 1. The first kappa shape index (κ1) is 16.4. The Bertz CT molecular complexity index is 539. The van der Waals surface area contributed by atoms with E-state index in [2.05, 4.69) is 25.6 Å². The van der Waals surface area contributed by atoms with Gasteiger partial charge in [-0.2, -0.15) is 0 Å². The lowest BCUT2D eigenvalue weighted by atomic mass is 10.3. The third kappa shape index (κ3) is 4.51. The highest BCUT2D eigenvalue weighted by Gasteiger charge is 2.19. The zero-order valence-electron chi connectivity index (χ0n) is 11.4. The summed E-state index contributed by atoms with van der Waals surface area (Å²) >= 11 is 4.75. The number of rotatable bonds is 6. The van der Waals surface area contributed by atoms with Gasteiger partial charge in [-0.3, -0.25) is 4.90 Å². The van der Waals surface area contributed by atoms with E-state index >= 15 is 0 Å². The molecule has 20 heavy (non-hydrogen) atoms. The van der Waals surface area contributed by atoms with Crippen molar-refractivity contribution in [3.63, 3.8) is 0 Å². The van der Waals surface area contributed by atoms with Crippen molar-refractivity contribution in [3.8, 4) is 0 Å². The highest BCUT2D eigenvalue weighted by Crippen LogP contribution is 2.29. The highest BCUT2D eigenvalue weighted by atomic mass is 79.9. The summed E-state index contributed by atoms with van der Waals surface area (Å²) in [5, 5.41) is 0. The summed E-state index contributed by atoms with van der Waals surface area (Å²) in [7, 11) is -3.39. The van der Waals surface area contributed by atoms with Crippen molar-refractivity contribution in [2.45, 2.75) is 18.2 Å². The largest absolute Gasteiger partial charge is 0.379 e. The fraction of sp³-hybridized carbons (Fsp3) is 0.667. The van der Waals surface area contributed by atoms with Gasteiger partial charge in [0.15, 0.2) is 0 Å². The molecular formula is C12H19BrN2O3S2. The summed E-state index contributed by atoms with van der Waals surface area (Å²) in [4.78, 5) is 3.47. The third-order valence-corrected chi connectivity index (χ3v) is 6.45. The van der Waals surface area contributed by atoms with E-state index in [1.54, 1.807) is 6.07 Å². The molecule has 5 nitrogen and oxygen atoms in total. The van der Waals surface area contributed by atoms with Gasteiger partial charge in [-0.15, -0.1) is 11.3 Å². The van der Waals surface area contributed by atoms with E-state index in [9.17, 15) is 8.42 Å². The topological polar surface area (TPSA) is 58.6 Å². The lowest BCUT2D eigenvalue weighted by Gasteiger charge is -2.26. The van der Waals surface area contributed by atoms with Crippen molar-refractivity contribution in [2.75, 3.05) is 39.4 Å². The van der Waals surface area contributed by atoms with Crippen LogP contribution in [-0.4, -0.2) is 52.7 Å². The molecule has 0 spiro atoms. The zero-order valence-corrected chi connectivity index (χ0v) is 14.6. The number of hydrogen-bond acceptors (Lipinski definition) is 5. The van der Waals surface area contributed by atoms with Gasteiger partial charge < -0.3 is 4.74 Å². The van der Waals surface area contributed by atoms with Gasteiger partial charge in [-0.25, -0.2) is 13.1 Å². The van der Waals surface area contributed by atoms with Crippen molar-refractivity contribution in [1.82, 2.24) is 9.62 Å². The maximum absolute atomic E-state index is 12.2. The Morgan fingerprint density at radius 1 is 1.45 bits per heavy atom. The van der Waals surface area contributed by atoms with Crippen LogP contribution in [0.1, 0.15) is 11.3 Å². The number of thiophene rings is 1. The predicted octanol–water partition coefficient (Wildman–Crippen LogP) is 1.82. The van der Waals surface area contributed by atoms with Crippen LogP contribution in [0, 0.1) is 6.92 Å². The maximum Gasteiger partial charge on any atom is 0.241 e. The average molecular weight is 383 g/mol. The van der Waals surface area contributed by atoms with Crippen LogP contribution in [-0.2, 0) is 14.8 Å². The van der Waals surface area contributed by atoms with Crippen LogP contribution in [0.15, 0.2) is 14.7 Å². The van der Waals surface area contributed by atoms with E-state index in [1.165, 1.54) is 11.3 Å². The Balaban J connectivity index is 1.79. The molecule has 1 aliphatic rings. The van der Waals surface area contributed by atoms with Crippen molar-refractivity contribution >= 4 is 37.3 Å². The van der Waals surface area contributed by atoms with Gasteiger partial charge in [-0.1, -0.05) is 0 Å². The van der Waals surface area contributed by atoms with Gasteiger partial charge in [0.25, 0.3) is 0 Å². The molecule has 2 rings (SSSR count). The monoisotopic (exact) mass is 382 g/mol. The van der Waals surface area contributed by atoms with E-state index in [0.29, 0.717) is 11.4 Å². The smallest absolute Gasteiger partial charge is 0.241 e. The van der Waals surface area contributed by atoms with Crippen LogP contribution < -0.4 is 4.72 Å². The van der Waals surface area contributed by atoms with Crippen LogP contribution in [0.4, 0.5) is 0 Å². The number of hydrogen-bond donors (Lipinski definition) is 1. The summed E-state index contributed by atoms with van der Waals surface area (Å²) < 4.78 is 33.1. The predicted molar refractivity (Wildman–Crippen MR) is 83.8 cm³/mol. The quantitative estimate of drug-likeness (QED) is 0.762. The molecule has 1 aromatic rings. The highest BCUT2D eigenvalue weighted by molar-refractivity contribution is 9.11. The summed E-state index contributed by atoms with van der Waals surface area (Å²) in [6.45, 7) is 6.59. The van der Waals surface area contributed by atoms with Gasteiger partial charge in [-0.05, 0) is 41.9 Å². The molecule has 1 fully saturated rings. The molecule has 1 N–H and O–H groups in total. The van der Waals surface area contributed by atoms with Gasteiger partial charge in [0.2, 0.25) is 10.0 Å². The van der Waals surface area contributed by atoms with E-state index in [0.717, 1.165) is 47.9 Å². The lowest BCUT2D eigenvalue weighted by molar-refractivity contribution is 0.0376. The molecule has 0 atom stereocenters. The number of halogens is 1. The molecule has 1 aliphatic heterocycles. The first-order valence-corrected chi connectivity index (χ1v) is 9.64. The van der Waals surface area contributed by atoms with Crippen LogP contribution >= 0.6 is 27.3 Å². The van der Waals surface area contributed by atoms with Crippen LogP contribution in [0.5, 0.6) is 0 Å². The molecule has 0 saturated carbocycles. The van der Waals surface area contributed by atoms with Crippen molar-refractivity contribution in [1.29, 1.82) is 0 Å². The fourth-order valence-corrected chi connectivity index (χ4v) is 5.60. The Labute approximate surface area is 132 Å². The summed E-state index contributed by atoms with van der Waals surface area (Å²) in [6.07, 6.45) is 0.809. The molecule has 2 heterocycles. The Morgan fingerprint density at radius 2 is 2.15 bits per heavy atom. The zero-order chi connectivity index (χ0) is 14.6. The molecule has 0 radical (unpaired) electrons. The van der Waals surface area contributed by atoms with Gasteiger partial charge >= 0.3 is 0 Å². The molecule has 8 heteroatoms. The number of sulfonamides is 1. The summed E-state index contributed by atoms with van der Waals surface area (Å²) in [5.41, 5.74) is 0. The molecule has 0 bridgehead atoms. The number of morpholine rings is 1. The molecule has 0 aliphatic carbocycles.